The number of rotatable bonds is 4. The van der Waals surface area contributed by atoms with Gasteiger partial charge < -0.3 is 10.2 Å². The molecule has 0 radical (unpaired) electrons. The molecular weight excluding hydrogens is 326 g/mol. The van der Waals surface area contributed by atoms with Crippen LogP contribution in [0.15, 0.2) is 42.5 Å². The summed E-state index contributed by atoms with van der Waals surface area (Å²) < 4.78 is 0. The van der Waals surface area contributed by atoms with E-state index in [1.807, 2.05) is 36.1 Å². The molecule has 26 heavy (non-hydrogen) atoms. The number of nitrogens with zero attached hydrogens (tertiary/aromatic N) is 2. The minimum Gasteiger partial charge on any atom is -0.334 e. The van der Waals surface area contributed by atoms with Crippen LogP contribution in [0.1, 0.15) is 59.1 Å². The number of aromatic nitrogens is 1. The molecule has 0 saturated carbocycles. The molecule has 3 rings (SSSR count). The van der Waals surface area contributed by atoms with E-state index in [1.54, 1.807) is 18.2 Å². The van der Waals surface area contributed by atoms with Crippen molar-refractivity contribution in [3.05, 3.63) is 59.4 Å². The van der Waals surface area contributed by atoms with E-state index in [-0.39, 0.29) is 23.6 Å². The average Bonchev–Trinajstić information content (AvgIpc) is 2.69. The first-order chi connectivity index (χ1) is 12.6. The minimum atomic E-state index is -0.311. The highest BCUT2D eigenvalue weighted by atomic mass is 16.2. The Hall–Kier alpha value is -2.69. The van der Waals surface area contributed by atoms with Crippen molar-refractivity contribution >= 4 is 17.5 Å². The van der Waals surface area contributed by atoms with Crippen LogP contribution in [0.5, 0.6) is 0 Å². The number of benzene rings is 1. The molecule has 1 atom stereocenters. The smallest absolute Gasteiger partial charge is 0.274 e. The van der Waals surface area contributed by atoms with Crippen molar-refractivity contribution < 1.29 is 9.59 Å². The van der Waals surface area contributed by atoms with Crippen molar-refractivity contribution in [1.82, 2.24) is 9.88 Å². The van der Waals surface area contributed by atoms with Crippen LogP contribution in [0.4, 0.5) is 5.69 Å². The van der Waals surface area contributed by atoms with E-state index in [2.05, 4.69) is 17.2 Å². The van der Waals surface area contributed by atoms with Gasteiger partial charge in [-0.05, 0) is 56.9 Å². The normalized spacial score (nSPS) is 17.0. The quantitative estimate of drug-likeness (QED) is 0.904. The molecule has 0 bridgehead atoms. The van der Waals surface area contributed by atoms with Crippen LogP contribution in [0.3, 0.4) is 0 Å². The second-order valence-corrected chi connectivity index (χ2v) is 6.78. The van der Waals surface area contributed by atoms with Gasteiger partial charge in [0.2, 0.25) is 0 Å². The van der Waals surface area contributed by atoms with Gasteiger partial charge in [0, 0.05) is 18.3 Å². The summed E-state index contributed by atoms with van der Waals surface area (Å²) in [5.41, 5.74) is 2.42. The number of pyridine rings is 1. The van der Waals surface area contributed by atoms with Crippen LogP contribution in [-0.2, 0) is 0 Å². The van der Waals surface area contributed by atoms with E-state index < -0.39 is 0 Å². The van der Waals surface area contributed by atoms with Gasteiger partial charge in [-0.15, -0.1) is 0 Å². The second kappa shape index (κ2) is 8.13. The number of hydrogen-bond donors (Lipinski definition) is 1. The van der Waals surface area contributed by atoms with E-state index >= 15 is 0 Å². The first kappa shape index (κ1) is 18.1. The van der Waals surface area contributed by atoms with E-state index in [0.717, 1.165) is 37.8 Å². The molecule has 1 aromatic carbocycles. The van der Waals surface area contributed by atoms with Gasteiger partial charge in [-0.2, -0.15) is 0 Å². The summed E-state index contributed by atoms with van der Waals surface area (Å²) in [6.45, 7) is 4.86. The molecule has 2 amide bonds. The molecule has 1 aromatic heterocycles. The summed E-state index contributed by atoms with van der Waals surface area (Å²) in [6, 6.07) is 12.9. The lowest BCUT2D eigenvalue weighted by Gasteiger charge is -2.35. The lowest BCUT2D eigenvalue weighted by atomic mass is 9.99. The zero-order chi connectivity index (χ0) is 18.5. The van der Waals surface area contributed by atoms with Gasteiger partial charge in [0.15, 0.2) is 0 Å². The van der Waals surface area contributed by atoms with Crippen LogP contribution in [0.25, 0.3) is 0 Å². The van der Waals surface area contributed by atoms with Crippen LogP contribution in [0.2, 0.25) is 0 Å². The third-order valence-electron chi connectivity index (χ3n) is 4.87. The van der Waals surface area contributed by atoms with Crippen LogP contribution in [0, 0.1) is 6.92 Å². The molecule has 1 unspecified atom stereocenters. The monoisotopic (exact) mass is 351 g/mol. The number of piperidine rings is 1. The first-order valence-electron chi connectivity index (χ1n) is 9.24. The van der Waals surface area contributed by atoms with Crippen LogP contribution < -0.4 is 5.32 Å². The topological polar surface area (TPSA) is 62.3 Å². The SMILES string of the molecule is CCC1CCCCN1C(=O)c1cccc(C(=O)Nc2ccc(C)cc2)n1. The zero-order valence-corrected chi connectivity index (χ0v) is 15.4. The summed E-state index contributed by atoms with van der Waals surface area (Å²) in [7, 11) is 0. The van der Waals surface area contributed by atoms with Gasteiger partial charge in [-0.25, -0.2) is 4.98 Å². The number of hydrogen-bond acceptors (Lipinski definition) is 3. The van der Waals surface area contributed by atoms with Gasteiger partial charge in [0.25, 0.3) is 11.8 Å². The fourth-order valence-corrected chi connectivity index (χ4v) is 3.35. The van der Waals surface area contributed by atoms with Gasteiger partial charge >= 0.3 is 0 Å². The van der Waals surface area contributed by atoms with Gasteiger partial charge in [-0.1, -0.05) is 30.7 Å². The highest BCUT2D eigenvalue weighted by Gasteiger charge is 2.27. The molecule has 136 valence electrons. The predicted octanol–water partition coefficient (Wildman–Crippen LogP) is 4.05. The standard InChI is InChI=1S/C21H25N3O2/c1-3-17-7-4-5-14-24(17)21(26)19-9-6-8-18(23-19)20(25)22-16-12-10-15(2)11-13-16/h6,8-13,17H,3-5,7,14H2,1-2H3,(H,22,25). The molecule has 5 nitrogen and oxygen atoms in total. The van der Waals surface area contributed by atoms with Crippen LogP contribution >= 0.6 is 0 Å². The third kappa shape index (κ3) is 4.10. The number of amides is 2. The summed E-state index contributed by atoms with van der Waals surface area (Å²) in [5.74, 6) is -0.393. The van der Waals surface area contributed by atoms with Crippen molar-refractivity contribution in [1.29, 1.82) is 0 Å². The molecule has 5 heteroatoms. The van der Waals surface area contributed by atoms with E-state index in [9.17, 15) is 9.59 Å². The second-order valence-electron chi connectivity index (χ2n) is 6.78. The van der Waals surface area contributed by atoms with Crippen LogP contribution in [-0.4, -0.2) is 34.3 Å². The maximum Gasteiger partial charge on any atom is 0.274 e. The fourth-order valence-electron chi connectivity index (χ4n) is 3.35. The van der Waals surface area contributed by atoms with Gasteiger partial charge in [0.05, 0.1) is 0 Å². The zero-order valence-electron chi connectivity index (χ0n) is 15.4. The Bertz CT molecular complexity index is 786. The highest BCUT2D eigenvalue weighted by molar-refractivity contribution is 6.03. The highest BCUT2D eigenvalue weighted by Crippen LogP contribution is 2.21. The first-order valence-corrected chi connectivity index (χ1v) is 9.24. The molecule has 1 N–H and O–H groups in total. The molecule has 2 heterocycles. The lowest BCUT2D eigenvalue weighted by molar-refractivity contribution is 0.0602. The summed E-state index contributed by atoms with van der Waals surface area (Å²) in [4.78, 5) is 31.6. The number of anilines is 1. The Morgan fingerprint density at radius 2 is 1.85 bits per heavy atom. The molecule has 2 aromatic rings. The largest absolute Gasteiger partial charge is 0.334 e. The molecule has 1 saturated heterocycles. The maximum absolute atomic E-state index is 12.9. The summed E-state index contributed by atoms with van der Waals surface area (Å²) in [6.07, 6.45) is 4.17. The molecular formula is C21H25N3O2. The molecule has 0 aliphatic carbocycles. The Balaban J connectivity index is 1.75. The number of carbonyl (C=O) groups is 2. The molecule has 1 aliphatic rings. The number of likely N-dealkylation sites (tertiary alicyclic amines) is 1. The van der Waals surface area contributed by atoms with Crippen molar-refractivity contribution in [3.8, 4) is 0 Å². The fraction of sp³-hybridized carbons (Fsp3) is 0.381. The Morgan fingerprint density at radius 1 is 1.12 bits per heavy atom. The number of nitrogens with one attached hydrogen (secondary N) is 1. The lowest BCUT2D eigenvalue weighted by Crippen LogP contribution is -2.43. The predicted molar refractivity (Wildman–Crippen MR) is 102 cm³/mol. The molecule has 1 fully saturated rings. The Kier molecular flexibility index (Phi) is 5.66. The van der Waals surface area contributed by atoms with Crippen molar-refractivity contribution in [2.45, 2.75) is 45.6 Å². The van der Waals surface area contributed by atoms with E-state index in [1.165, 1.54) is 0 Å². The Labute approximate surface area is 154 Å². The number of carbonyl (C=O) groups excluding carboxylic acids is 2. The Morgan fingerprint density at radius 3 is 2.58 bits per heavy atom. The maximum atomic E-state index is 12.9. The average molecular weight is 351 g/mol. The van der Waals surface area contributed by atoms with E-state index in [4.69, 9.17) is 0 Å². The third-order valence-corrected chi connectivity index (χ3v) is 4.87. The van der Waals surface area contributed by atoms with Crippen molar-refractivity contribution in [2.75, 3.05) is 11.9 Å². The van der Waals surface area contributed by atoms with Gasteiger partial charge in [0.1, 0.15) is 11.4 Å². The van der Waals surface area contributed by atoms with E-state index in [0.29, 0.717) is 11.4 Å². The molecule has 0 spiro atoms. The summed E-state index contributed by atoms with van der Waals surface area (Å²) >= 11 is 0. The van der Waals surface area contributed by atoms with Crippen molar-refractivity contribution in [3.63, 3.8) is 0 Å². The minimum absolute atomic E-state index is 0.0819. The molecule has 1 aliphatic heterocycles. The van der Waals surface area contributed by atoms with Crippen molar-refractivity contribution in [2.24, 2.45) is 0 Å². The van der Waals surface area contributed by atoms with Gasteiger partial charge in [-0.3, -0.25) is 9.59 Å². The summed E-state index contributed by atoms with van der Waals surface area (Å²) in [5, 5.41) is 2.82. The number of aryl methyl sites for hydroxylation is 1.